The van der Waals surface area contributed by atoms with E-state index < -0.39 is 18.2 Å². The van der Waals surface area contributed by atoms with Crippen LogP contribution in [0.4, 0.5) is 0 Å². The summed E-state index contributed by atoms with van der Waals surface area (Å²) in [7, 11) is 0. The summed E-state index contributed by atoms with van der Waals surface area (Å²) in [5.74, 6) is -0.500. The van der Waals surface area contributed by atoms with Crippen LogP contribution in [0.5, 0.6) is 0 Å². The van der Waals surface area contributed by atoms with Crippen molar-refractivity contribution in [2.24, 2.45) is 0 Å². The zero-order valence-corrected chi connectivity index (χ0v) is 43.4. The van der Waals surface area contributed by atoms with Gasteiger partial charge in [0, 0.05) is 6.42 Å². The molecule has 0 aromatic heterocycles. The van der Waals surface area contributed by atoms with Gasteiger partial charge < -0.3 is 20.3 Å². The molecule has 380 valence electrons. The van der Waals surface area contributed by atoms with Gasteiger partial charge in [0.1, 0.15) is 6.10 Å². The molecule has 0 aliphatic carbocycles. The van der Waals surface area contributed by atoms with E-state index in [4.69, 9.17) is 4.74 Å². The van der Waals surface area contributed by atoms with Gasteiger partial charge in [0.15, 0.2) is 0 Å². The van der Waals surface area contributed by atoms with Crippen molar-refractivity contribution in [3.8, 4) is 0 Å². The van der Waals surface area contributed by atoms with Crippen molar-refractivity contribution in [2.75, 3.05) is 6.61 Å². The molecule has 0 bridgehead atoms. The van der Waals surface area contributed by atoms with Gasteiger partial charge in [-0.3, -0.25) is 9.59 Å². The molecule has 3 N–H and O–H groups in total. The first-order chi connectivity index (χ1) is 32.0. The number of amides is 1. The number of carbonyl (C=O) groups excluding carboxylic acids is 2. The zero-order valence-electron chi connectivity index (χ0n) is 43.4. The Bertz CT molecular complexity index is 1110. The maximum Gasteiger partial charge on any atom is 0.306 e. The molecule has 1 amide bonds. The minimum absolute atomic E-state index is 0.0543. The van der Waals surface area contributed by atoms with Gasteiger partial charge in [0.2, 0.25) is 5.91 Å². The molecule has 0 radical (unpaired) electrons. The highest BCUT2D eigenvalue weighted by atomic mass is 16.5. The van der Waals surface area contributed by atoms with Crippen LogP contribution in [-0.2, 0) is 14.3 Å². The van der Waals surface area contributed by atoms with Crippen molar-refractivity contribution < 1.29 is 24.5 Å². The van der Waals surface area contributed by atoms with Gasteiger partial charge in [0.05, 0.1) is 25.2 Å². The SMILES string of the molecule is CCCCC/C=C/C=C/C=C/C=C/CCCCCC(CC(=O)NC(CO)C(O)CCCCCCCCCCCCC)OC(=O)CCCCCCCCCCCCCCCCCCCCC. The minimum atomic E-state index is -0.797. The van der Waals surface area contributed by atoms with Gasteiger partial charge in [-0.05, 0) is 51.4 Å². The number of aliphatic hydroxyl groups is 2. The van der Waals surface area contributed by atoms with Crippen molar-refractivity contribution >= 4 is 11.9 Å². The van der Waals surface area contributed by atoms with Gasteiger partial charge >= 0.3 is 5.97 Å². The predicted octanol–water partition coefficient (Wildman–Crippen LogP) is 17.4. The van der Waals surface area contributed by atoms with E-state index in [9.17, 15) is 19.8 Å². The highest BCUT2D eigenvalue weighted by Crippen LogP contribution is 2.18. The highest BCUT2D eigenvalue weighted by molar-refractivity contribution is 5.77. The molecule has 3 unspecified atom stereocenters. The molecule has 6 nitrogen and oxygen atoms in total. The first kappa shape index (κ1) is 62.8. The van der Waals surface area contributed by atoms with E-state index >= 15 is 0 Å². The van der Waals surface area contributed by atoms with Crippen LogP contribution in [0.2, 0.25) is 0 Å². The lowest BCUT2D eigenvalue weighted by atomic mass is 10.0. The summed E-state index contributed by atoms with van der Waals surface area (Å²) in [6.45, 7) is 6.45. The Morgan fingerprint density at radius 1 is 0.446 bits per heavy atom. The molecule has 0 aliphatic heterocycles. The summed E-state index contributed by atoms with van der Waals surface area (Å²) in [4.78, 5) is 26.2. The number of hydrogen-bond acceptors (Lipinski definition) is 5. The second-order valence-corrected chi connectivity index (χ2v) is 19.4. The van der Waals surface area contributed by atoms with Crippen molar-refractivity contribution in [3.63, 3.8) is 0 Å². The quantitative estimate of drug-likeness (QED) is 0.0321. The Balaban J connectivity index is 4.58. The van der Waals surface area contributed by atoms with Crippen LogP contribution in [0, 0.1) is 0 Å². The Labute approximate surface area is 404 Å². The molecule has 0 heterocycles. The summed E-state index contributed by atoms with van der Waals surface area (Å²) in [5.41, 5.74) is 0. The third kappa shape index (κ3) is 48.1. The van der Waals surface area contributed by atoms with Crippen molar-refractivity contribution in [1.29, 1.82) is 0 Å². The van der Waals surface area contributed by atoms with E-state index in [1.807, 2.05) is 0 Å². The van der Waals surface area contributed by atoms with Gasteiger partial charge in [-0.25, -0.2) is 0 Å². The number of ether oxygens (including phenoxy) is 1. The highest BCUT2D eigenvalue weighted by Gasteiger charge is 2.24. The van der Waals surface area contributed by atoms with E-state index in [2.05, 4.69) is 74.7 Å². The second kappa shape index (κ2) is 52.8. The van der Waals surface area contributed by atoms with Crippen molar-refractivity contribution in [1.82, 2.24) is 5.32 Å². The largest absolute Gasteiger partial charge is 0.462 e. The Morgan fingerprint density at radius 2 is 0.785 bits per heavy atom. The molecule has 0 saturated carbocycles. The van der Waals surface area contributed by atoms with Gasteiger partial charge in [-0.1, -0.05) is 275 Å². The zero-order chi connectivity index (χ0) is 47.4. The molecule has 0 aromatic carbocycles. The maximum atomic E-state index is 13.2. The van der Waals surface area contributed by atoms with Crippen molar-refractivity contribution in [3.05, 3.63) is 48.6 Å². The summed E-state index contributed by atoms with van der Waals surface area (Å²) in [6.07, 6.45) is 64.6. The summed E-state index contributed by atoms with van der Waals surface area (Å²) in [5, 5.41) is 23.8. The van der Waals surface area contributed by atoms with Gasteiger partial charge in [-0.15, -0.1) is 0 Å². The molecular weight excluding hydrogens is 803 g/mol. The number of esters is 1. The van der Waals surface area contributed by atoms with E-state index in [-0.39, 0.29) is 24.9 Å². The molecule has 6 heteroatoms. The van der Waals surface area contributed by atoms with Crippen molar-refractivity contribution in [2.45, 2.75) is 309 Å². The van der Waals surface area contributed by atoms with Crippen LogP contribution in [0.15, 0.2) is 48.6 Å². The first-order valence-corrected chi connectivity index (χ1v) is 28.4. The number of carbonyl (C=O) groups is 2. The molecule has 65 heavy (non-hydrogen) atoms. The van der Waals surface area contributed by atoms with E-state index in [1.165, 1.54) is 173 Å². The summed E-state index contributed by atoms with van der Waals surface area (Å²) >= 11 is 0. The lowest BCUT2D eigenvalue weighted by Gasteiger charge is -2.24. The van der Waals surface area contributed by atoms with Crippen LogP contribution >= 0.6 is 0 Å². The predicted molar refractivity (Wildman–Crippen MR) is 282 cm³/mol. The Kier molecular flexibility index (Phi) is 51.0. The minimum Gasteiger partial charge on any atom is -0.462 e. The smallest absolute Gasteiger partial charge is 0.306 e. The lowest BCUT2D eigenvalue weighted by Crippen LogP contribution is -2.46. The fourth-order valence-electron chi connectivity index (χ4n) is 8.68. The van der Waals surface area contributed by atoms with Crippen LogP contribution in [0.25, 0.3) is 0 Å². The standard InChI is InChI=1S/C59H109NO5/c1-4-7-10-13-16-19-22-24-26-28-29-30-32-34-37-40-43-46-49-52-59(64)65-55(50-47-44-41-38-36-33-31-27-25-23-20-17-14-11-8-5-2)53-58(63)60-56(54-61)57(62)51-48-45-42-39-35-21-18-15-12-9-6-3/h17,20,23,25,27,31,33,36,55-57,61-62H,4-16,18-19,21-22,24,26,28-30,32,34-35,37-54H2,1-3H3,(H,60,63)/b20-17+,25-23+,31-27+,36-33+. The van der Waals surface area contributed by atoms with E-state index in [0.717, 1.165) is 70.6 Å². The van der Waals surface area contributed by atoms with E-state index in [0.29, 0.717) is 19.3 Å². The number of aliphatic hydroxyl groups excluding tert-OH is 2. The number of nitrogens with one attached hydrogen (secondary N) is 1. The number of allylic oxidation sites excluding steroid dienone is 8. The molecule has 0 rings (SSSR count). The number of unbranched alkanes of at least 4 members (excludes halogenated alkanes) is 34. The third-order valence-corrected chi connectivity index (χ3v) is 13.0. The monoisotopic (exact) mass is 912 g/mol. The maximum absolute atomic E-state index is 13.2. The first-order valence-electron chi connectivity index (χ1n) is 28.4. The van der Waals surface area contributed by atoms with Crippen LogP contribution in [0.3, 0.4) is 0 Å². The normalized spacial score (nSPS) is 13.5. The van der Waals surface area contributed by atoms with Crippen LogP contribution in [0.1, 0.15) is 290 Å². The second-order valence-electron chi connectivity index (χ2n) is 19.4. The molecule has 3 atom stereocenters. The van der Waals surface area contributed by atoms with Crippen LogP contribution in [-0.4, -0.2) is 46.9 Å². The summed E-state index contributed by atoms with van der Waals surface area (Å²) < 4.78 is 5.94. The molecule has 0 saturated heterocycles. The van der Waals surface area contributed by atoms with Gasteiger partial charge in [-0.2, -0.15) is 0 Å². The average molecular weight is 913 g/mol. The molecular formula is C59H109NO5. The fraction of sp³-hybridized carbons (Fsp3) is 0.831. The Hall–Kier alpha value is -2.18. The number of hydrogen-bond donors (Lipinski definition) is 3. The molecule has 0 aromatic rings. The Morgan fingerprint density at radius 3 is 1.22 bits per heavy atom. The van der Waals surface area contributed by atoms with Gasteiger partial charge in [0.25, 0.3) is 0 Å². The van der Waals surface area contributed by atoms with Crippen LogP contribution < -0.4 is 5.32 Å². The topological polar surface area (TPSA) is 95.9 Å². The molecule has 0 fully saturated rings. The fourth-order valence-corrected chi connectivity index (χ4v) is 8.68. The third-order valence-electron chi connectivity index (χ3n) is 13.0. The average Bonchev–Trinajstić information content (AvgIpc) is 3.30. The number of rotatable bonds is 51. The summed E-state index contributed by atoms with van der Waals surface area (Å²) in [6, 6.07) is -0.713. The molecule has 0 spiro atoms. The van der Waals surface area contributed by atoms with E-state index in [1.54, 1.807) is 0 Å². The lowest BCUT2D eigenvalue weighted by molar-refractivity contribution is -0.151. The molecule has 0 aliphatic rings.